The zero-order valence-corrected chi connectivity index (χ0v) is 12.4. The molecule has 0 saturated carbocycles. The Morgan fingerprint density at radius 1 is 1.44 bits per heavy atom. The third-order valence-corrected chi connectivity index (χ3v) is 3.62. The first-order valence-electron chi connectivity index (χ1n) is 5.04. The number of aldehydes is 1. The molecule has 0 amide bonds. The van der Waals surface area contributed by atoms with Gasteiger partial charge in [-0.05, 0) is 24.0 Å². The average molecular weight is 329 g/mol. The molecule has 0 heterocycles. The van der Waals surface area contributed by atoms with E-state index in [0.717, 1.165) is 16.3 Å². The number of benzene rings is 1. The Bertz CT molecular complexity index is 483. The highest BCUT2D eigenvalue weighted by atomic mass is 79.9. The fourth-order valence-corrected chi connectivity index (χ4v) is 2.40. The fourth-order valence-electron chi connectivity index (χ4n) is 1.42. The third kappa shape index (κ3) is 3.44. The third-order valence-electron chi connectivity index (χ3n) is 2.27. The van der Waals surface area contributed by atoms with E-state index in [4.69, 9.17) is 5.21 Å². The molecule has 1 aromatic carbocycles. The van der Waals surface area contributed by atoms with E-state index in [1.807, 2.05) is 36.0 Å². The standard InChI is InChI=1S/C12H13BrN2O2S/c1-14-12(15-17)11(18-2)10(7-16)8-3-5-9(13)6-4-8/h3-7,17H,1-2H3,(H,14,15)/b11-10-. The summed E-state index contributed by atoms with van der Waals surface area (Å²) in [5.74, 6) is 0.271. The van der Waals surface area contributed by atoms with Crippen LogP contribution in [0.2, 0.25) is 0 Å². The molecule has 0 aliphatic heterocycles. The second-order valence-corrected chi connectivity index (χ2v) is 4.99. The number of rotatable bonds is 4. The molecule has 4 nitrogen and oxygen atoms in total. The van der Waals surface area contributed by atoms with Crippen molar-refractivity contribution in [3.8, 4) is 0 Å². The Labute approximate surface area is 118 Å². The summed E-state index contributed by atoms with van der Waals surface area (Å²) in [7, 11) is 1.54. The lowest BCUT2D eigenvalue weighted by Gasteiger charge is -2.10. The van der Waals surface area contributed by atoms with Gasteiger partial charge in [-0.15, -0.1) is 11.8 Å². The zero-order chi connectivity index (χ0) is 13.5. The topological polar surface area (TPSA) is 61.7 Å². The van der Waals surface area contributed by atoms with E-state index in [1.54, 1.807) is 7.05 Å². The van der Waals surface area contributed by atoms with Crippen LogP contribution in [-0.2, 0) is 4.79 Å². The van der Waals surface area contributed by atoms with Gasteiger partial charge in [0.2, 0.25) is 0 Å². The number of aliphatic imine (C=N–C) groups is 1. The summed E-state index contributed by atoms with van der Waals surface area (Å²) in [4.78, 5) is 15.8. The van der Waals surface area contributed by atoms with Gasteiger partial charge in [-0.1, -0.05) is 28.1 Å². The molecule has 18 heavy (non-hydrogen) atoms. The predicted molar refractivity (Wildman–Crippen MR) is 78.9 cm³/mol. The van der Waals surface area contributed by atoms with Gasteiger partial charge >= 0.3 is 0 Å². The number of hydroxylamine groups is 1. The maximum Gasteiger partial charge on any atom is 0.159 e. The number of hydrogen-bond acceptors (Lipinski definition) is 4. The SMILES string of the molecule is CN=C(NO)/C(SC)=C(\C=O)c1ccc(Br)cc1. The Morgan fingerprint density at radius 3 is 2.44 bits per heavy atom. The molecule has 0 aliphatic carbocycles. The van der Waals surface area contributed by atoms with Crippen molar-refractivity contribution in [1.29, 1.82) is 0 Å². The van der Waals surface area contributed by atoms with E-state index < -0.39 is 0 Å². The Morgan fingerprint density at radius 2 is 2.06 bits per heavy atom. The van der Waals surface area contributed by atoms with E-state index in [2.05, 4.69) is 20.9 Å². The molecule has 0 radical (unpaired) electrons. The number of carbonyl (C=O) groups is 1. The minimum Gasteiger partial charge on any atom is -0.298 e. The van der Waals surface area contributed by atoms with Crippen molar-refractivity contribution in [2.45, 2.75) is 0 Å². The first kappa shape index (κ1) is 14.9. The lowest BCUT2D eigenvalue weighted by Crippen LogP contribution is -2.21. The van der Waals surface area contributed by atoms with Crippen molar-refractivity contribution in [1.82, 2.24) is 5.48 Å². The molecule has 0 unspecified atom stereocenters. The maximum absolute atomic E-state index is 11.3. The summed E-state index contributed by atoms with van der Waals surface area (Å²) in [5, 5.41) is 9.01. The van der Waals surface area contributed by atoms with Crippen LogP contribution in [0.3, 0.4) is 0 Å². The van der Waals surface area contributed by atoms with Gasteiger partial charge in [0.05, 0.1) is 4.91 Å². The molecule has 0 bridgehead atoms. The second kappa shape index (κ2) is 7.35. The summed E-state index contributed by atoms with van der Waals surface area (Å²) < 4.78 is 0.937. The Hall–Kier alpha value is -1.11. The molecule has 1 aromatic rings. The summed E-state index contributed by atoms with van der Waals surface area (Å²) >= 11 is 4.68. The number of allylic oxidation sites excluding steroid dienone is 1. The van der Waals surface area contributed by atoms with Crippen LogP contribution >= 0.6 is 27.7 Å². The molecule has 6 heteroatoms. The van der Waals surface area contributed by atoms with Crippen molar-refractivity contribution in [3.05, 3.63) is 39.2 Å². The highest BCUT2D eigenvalue weighted by molar-refractivity contribution is 9.10. The molecule has 2 N–H and O–H groups in total. The summed E-state index contributed by atoms with van der Waals surface area (Å²) in [6, 6.07) is 7.36. The van der Waals surface area contributed by atoms with Gasteiger partial charge in [-0.3, -0.25) is 20.5 Å². The molecule has 0 aromatic heterocycles. The van der Waals surface area contributed by atoms with Gasteiger partial charge in [-0.25, -0.2) is 0 Å². The molecule has 0 fully saturated rings. The fraction of sp³-hybridized carbons (Fsp3) is 0.167. The maximum atomic E-state index is 11.3. The van der Waals surface area contributed by atoms with Gasteiger partial charge in [0, 0.05) is 17.1 Å². The molecule has 0 spiro atoms. The van der Waals surface area contributed by atoms with E-state index in [9.17, 15) is 4.79 Å². The van der Waals surface area contributed by atoms with Crippen molar-refractivity contribution in [3.63, 3.8) is 0 Å². The van der Waals surface area contributed by atoms with E-state index in [1.165, 1.54) is 11.8 Å². The number of nitrogens with zero attached hydrogens (tertiary/aromatic N) is 1. The normalized spacial score (nSPS) is 13.0. The number of thioether (sulfide) groups is 1. The van der Waals surface area contributed by atoms with Crippen LogP contribution < -0.4 is 5.48 Å². The largest absolute Gasteiger partial charge is 0.298 e. The van der Waals surface area contributed by atoms with Crippen molar-refractivity contribution >= 4 is 45.4 Å². The molecule has 0 aliphatic rings. The summed E-state index contributed by atoms with van der Waals surface area (Å²) in [6.07, 6.45) is 2.58. The van der Waals surface area contributed by atoms with E-state index >= 15 is 0 Å². The van der Waals surface area contributed by atoms with Gasteiger partial charge in [0.1, 0.15) is 0 Å². The second-order valence-electron chi connectivity index (χ2n) is 3.26. The highest BCUT2D eigenvalue weighted by Crippen LogP contribution is 2.25. The van der Waals surface area contributed by atoms with Crippen LogP contribution in [0.25, 0.3) is 5.57 Å². The van der Waals surface area contributed by atoms with Crippen LogP contribution in [0.5, 0.6) is 0 Å². The lowest BCUT2D eigenvalue weighted by molar-refractivity contribution is -0.103. The van der Waals surface area contributed by atoms with Crippen LogP contribution in [0.4, 0.5) is 0 Å². The monoisotopic (exact) mass is 328 g/mol. The number of hydrogen-bond donors (Lipinski definition) is 2. The van der Waals surface area contributed by atoms with Gasteiger partial charge < -0.3 is 0 Å². The average Bonchev–Trinajstić information content (AvgIpc) is 2.40. The van der Waals surface area contributed by atoms with Gasteiger partial charge in [-0.2, -0.15) is 0 Å². The van der Waals surface area contributed by atoms with Crippen LogP contribution in [-0.4, -0.2) is 30.6 Å². The number of nitrogens with one attached hydrogen (secondary N) is 1. The molecular weight excluding hydrogens is 316 g/mol. The van der Waals surface area contributed by atoms with Gasteiger partial charge in [0.25, 0.3) is 0 Å². The quantitative estimate of drug-likeness (QED) is 0.293. The smallest absolute Gasteiger partial charge is 0.159 e. The number of amidine groups is 1. The molecule has 0 saturated heterocycles. The molecule has 1 rings (SSSR count). The molecule has 0 atom stereocenters. The van der Waals surface area contributed by atoms with Crippen LogP contribution in [0.1, 0.15) is 5.56 Å². The van der Waals surface area contributed by atoms with Crippen LogP contribution in [0.15, 0.2) is 38.6 Å². The molecule has 96 valence electrons. The lowest BCUT2D eigenvalue weighted by atomic mass is 10.1. The van der Waals surface area contributed by atoms with E-state index in [0.29, 0.717) is 10.5 Å². The van der Waals surface area contributed by atoms with Crippen molar-refractivity contribution < 1.29 is 10.0 Å². The first-order chi connectivity index (χ1) is 8.67. The first-order valence-corrected chi connectivity index (χ1v) is 7.06. The van der Waals surface area contributed by atoms with Crippen molar-refractivity contribution in [2.24, 2.45) is 4.99 Å². The summed E-state index contributed by atoms with van der Waals surface area (Å²) in [6.45, 7) is 0. The van der Waals surface area contributed by atoms with E-state index in [-0.39, 0.29) is 5.84 Å². The minimum absolute atomic E-state index is 0.271. The highest BCUT2D eigenvalue weighted by Gasteiger charge is 2.13. The van der Waals surface area contributed by atoms with Gasteiger partial charge in [0.15, 0.2) is 12.1 Å². The number of halogens is 1. The summed E-state index contributed by atoms with van der Waals surface area (Å²) in [5.41, 5.74) is 3.26. The Kier molecular flexibility index (Phi) is 6.11. The molecular formula is C12H13BrN2O2S. The predicted octanol–water partition coefficient (Wildman–Crippen LogP) is 2.73. The Balaban J connectivity index is 3.36. The number of carbonyl (C=O) groups excluding carboxylic acids is 1. The van der Waals surface area contributed by atoms with Crippen LogP contribution in [0, 0.1) is 0 Å². The zero-order valence-electron chi connectivity index (χ0n) is 9.98. The van der Waals surface area contributed by atoms with Crippen molar-refractivity contribution in [2.75, 3.05) is 13.3 Å². The minimum atomic E-state index is 0.271.